The highest BCUT2D eigenvalue weighted by Crippen LogP contribution is 2.18. The summed E-state index contributed by atoms with van der Waals surface area (Å²) in [5.74, 6) is -0.494. The van der Waals surface area contributed by atoms with E-state index in [1.54, 1.807) is 4.90 Å². The van der Waals surface area contributed by atoms with Crippen LogP contribution in [0.4, 0.5) is 4.39 Å². The van der Waals surface area contributed by atoms with E-state index in [0.717, 1.165) is 19.0 Å². The molecule has 22 heavy (non-hydrogen) atoms. The van der Waals surface area contributed by atoms with Crippen molar-refractivity contribution in [2.45, 2.75) is 12.8 Å². The van der Waals surface area contributed by atoms with Crippen LogP contribution in [0.5, 0.6) is 0 Å². The van der Waals surface area contributed by atoms with Gasteiger partial charge in [0.2, 0.25) is 5.91 Å². The quantitative estimate of drug-likeness (QED) is 0.823. The molecule has 0 aromatic heterocycles. The maximum atomic E-state index is 13.2. The first-order valence-electron chi connectivity index (χ1n) is 7.22. The van der Waals surface area contributed by atoms with E-state index in [2.05, 4.69) is 21.2 Å². The van der Waals surface area contributed by atoms with Gasteiger partial charge in [-0.1, -0.05) is 0 Å². The molecule has 5 nitrogen and oxygen atoms in total. The molecule has 0 saturated carbocycles. The topological polar surface area (TPSA) is 75.4 Å². The van der Waals surface area contributed by atoms with Gasteiger partial charge >= 0.3 is 0 Å². The molecule has 0 spiro atoms. The Morgan fingerprint density at radius 1 is 1.45 bits per heavy atom. The van der Waals surface area contributed by atoms with E-state index in [4.69, 9.17) is 5.73 Å². The molecule has 1 aromatic carbocycles. The highest BCUT2D eigenvalue weighted by molar-refractivity contribution is 9.10. The third kappa shape index (κ3) is 4.27. The fraction of sp³-hybridized carbons (Fsp3) is 0.467. The minimum atomic E-state index is -0.477. The van der Waals surface area contributed by atoms with Crippen LogP contribution in [0, 0.1) is 11.7 Å². The Morgan fingerprint density at radius 3 is 2.91 bits per heavy atom. The van der Waals surface area contributed by atoms with E-state index in [0.29, 0.717) is 23.5 Å². The van der Waals surface area contributed by atoms with Crippen LogP contribution in [0.1, 0.15) is 23.2 Å². The molecule has 0 bridgehead atoms. The van der Waals surface area contributed by atoms with Gasteiger partial charge in [0, 0.05) is 30.5 Å². The largest absolute Gasteiger partial charge is 0.351 e. The first-order valence-corrected chi connectivity index (χ1v) is 8.01. The fourth-order valence-corrected chi connectivity index (χ4v) is 2.89. The van der Waals surface area contributed by atoms with E-state index in [1.807, 2.05) is 0 Å². The van der Waals surface area contributed by atoms with Crippen LogP contribution < -0.4 is 11.1 Å². The lowest BCUT2D eigenvalue weighted by atomic mass is 10.1. The number of hydrogen-bond acceptors (Lipinski definition) is 3. The predicted octanol–water partition coefficient (Wildman–Crippen LogP) is 1.52. The summed E-state index contributed by atoms with van der Waals surface area (Å²) in [6, 6.07) is 3.91. The van der Waals surface area contributed by atoms with Gasteiger partial charge in [0.05, 0.1) is 5.56 Å². The van der Waals surface area contributed by atoms with E-state index in [1.165, 1.54) is 12.1 Å². The minimum absolute atomic E-state index is 0.00885. The van der Waals surface area contributed by atoms with Crippen LogP contribution in [0.25, 0.3) is 0 Å². The molecule has 1 unspecified atom stereocenters. The van der Waals surface area contributed by atoms with Gasteiger partial charge in [-0.15, -0.1) is 0 Å². The Morgan fingerprint density at radius 2 is 2.23 bits per heavy atom. The normalized spacial score (nSPS) is 17.6. The monoisotopic (exact) mass is 371 g/mol. The van der Waals surface area contributed by atoms with Crippen LogP contribution in [0.2, 0.25) is 0 Å². The molecule has 7 heteroatoms. The lowest BCUT2D eigenvalue weighted by Gasteiger charge is -2.16. The third-order valence-electron chi connectivity index (χ3n) is 3.77. The molecular formula is C15H19BrFN3O2. The van der Waals surface area contributed by atoms with Crippen molar-refractivity contribution in [1.82, 2.24) is 10.2 Å². The third-order valence-corrected chi connectivity index (χ3v) is 4.46. The molecule has 2 amide bonds. The summed E-state index contributed by atoms with van der Waals surface area (Å²) < 4.78 is 13.7. The standard InChI is InChI=1S/C15H19BrFN3O2/c16-13-2-1-11(17)7-12(13)15(22)19-5-3-14(21)20-6-4-10(8-18)9-20/h1-2,7,10H,3-6,8-9,18H2,(H,19,22). The summed E-state index contributed by atoms with van der Waals surface area (Å²) in [5.41, 5.74) is 5.82. The maximum absolute atomic E-state index is 13.2. The van der Waals surface area contributed by atoms with Crippen molar-refractivity contribution in [2.75, 3.05) is 26.2 Å². The van der Waals surface area contributed by atoms with Gasteiger partial charge in [-0.2, -0.15) is 0 Å². The highest BCUT2D eigenvalue weighted by Gasteiger charge is 2.24. The van der Waals surface area contributed by atoms with Gasteiger partial charge in [-0.25, -0.2) is 4.39 Å². The van der Waals surface area contributed by atoms with Crippen LogP contribution in [0.3, 0.4) is 0 Å². The first kappa shape index (κ1) is 16.9. The van der Waals surface area contributed by atoms with E-state index >= 15 is 0 Å². The fourth-order valence-electron chi connectivity index (χ4n) is 2.46. The molecule has 0 radical (unpaired) electrons. The summed E-state index contributed by atoms with van der Waals surface area (Å²) in [6.45, 7) is 2.24. The van der Waals surface area contributed by atoms with Gasteiger partial charge in [0.25, 0.3) is 5.91 Å². The number of nitrogens with one attached hydrogen (secondary N) is 1. The molecule has 3 N–H and O–H groups in total. The summed E-state index contributed by atoms with van der Waals surface area (Å²) in [7, 11) is 0. The lowest BCUT2D eigenvalue weighted by molar-refractivity contribution is -0.130. The Kier molecular flexibility index (Phi) is 5.90. The molecule has 2 rings (SSSR count). The van der Waals surface area contributed by atoms with Gasteiger partial charge < -0.3 is 16.0 Å². The highest BCUT2D eigenvalue weighted by atomic mass is 79.9. The van der Waals surface area contributed by atoms with Crippen molar-refractivity contribution in [2.24, 2.45) is 11.7 Å². The zero-order chi connectivity index (χ0) is 16.1. The summed E-state index contributed by atoms with van der Waals surface area (Å²) >= 11 is 3.21. The molecule has 1 aromatic rings. The van der Waals surface area contributed by atoms with Crippen molar-refractivity contribution >= 4 is 27.7 Å². The molecule has 1 atom stereocenters. The second-order valence-electron chi connectivity index (χ2n) is 5.36. The zero-order valence-electron chi connectivity index (χ0n) is 12.1. The van der Waals surface area contributed by atoms with E-state index in [-0.39, 0.29) is 24.4 Å². The molecular weight excluding hydrogens is 353 g/mol. The molecule has 1 aliphatic rings. The molecule has 1 fully saturated rings. The van der Waals surface area contributed by atoms with Gasteiger partial charge in [0.1, 0.15) is 5.82 Å². The second-order valence-corrected chi connectivity index (χ2v) is 6.21. The Balaban J connectivity index is 1.80. The number of hydrogen-bond donors (Lipinski definition) is 2. The van der Waals surface area contributed by atoms with Crippen LogP contribution in [-0.2, 0) is 4.79 Å². The molecule has 1 heterocycles. The van der Waals surface area contributed by atoms with Crippen molar-refractivity contribution < 1.29 is 14.0 Å². The number of carbonyl (C=O) groups excluding carboxylic acids is 2. The van der Waals surface area contributed by atoms with Crippen molar-refractivity contribution in [3.05, 3.63) is 34.1 Å². The number of nitrogens with two attached hydrogens (primary N) is 1. The van der Waals surface area contributed by atoms with E-state index < -0.39 is 11.7 Å². The average molecular weight is 372 g/mol. The lowest BCUT2D eigenvalue weighted by Crippen LogP contribution is -2.33. The zero-order valence-corrected chi connectivity index (χ0v) is 13.7. The second kappa shape index (κ2) is 7.69. The molecule has 120 valence electrons. The summed E-state index contributed by atoms with van der Waals surface area (Å²) in [6.07, 6.45) is 1.17. The number of carbonyl (C=O) groups is 2. The maximum Gasteiger partial charge on any atom is 0.252 e. The number of amides is 2. The Hall–Kier alpha value is -1.47. The number of nitrogens with zero attached hydrogens (tertiary/aromatic N) is 1. The number of rotatable bonds is 5. The number of likely N-dealkylation sites (tertiary alicyclic amines) is 1. The van der Waals surface area contributed by atoms with Gasteiger partial charge in [0.15, 0.2) is 0 Å². The number of halogens is 2. The first-order chi connectivity index (χ1) is 10.5. The molecule has 1 aliphatic heterocycles. The Bertz CT molecular complexity index is 568. The van der Waals surface area contributed by atoms with E-state index in [9.17, 15) is 14.0 Å². The Labute approximate surface area is 137 Å². The van der Waals surface area contributed by atoms with Crippen molar-refractivity contribution in [1.29, 1.82) is 0 Å². The van der Waals surface area contributed by atoms with Gasteiger partial charge in [-0.3, -0.25) is 9.59 Å². The number of benzene rings is 1. The minimum Gasteiger partial charge on any atom is -0.351 e. The van der Waals surface area contributed by atoms with Crippen molar-refractivity contribution in [3.63, 3.8) is 0 Å². The average Bonchev–Trinajstić information content (AvgIpc) is 2.98. The summed E-state index contributed by atoms with van der Waals surface area (Å²) in [5, 5.41) is 2.64. The van der Waals surface area contributed by atoms with Crippen molar-refractivity contribution in [3.8, 4) is 0 Å². The van der Waals surface area contributed by atoms with Gasteiger partial charge in [-0.05, 0) is 53.0 Å². The van der Waals surface area contributed by atoms with Crippen LogP contribution in [-0.4, -0.2) is 42.9 Å². The molecule has 0 aliphatic carbocycles. The predicted molar refractivity (Wildman–Crippen MR) is 84.8 cm³/mol. The summed E-state index contributed by atoms with van der Waals surface area (Å²) in [4.78, 5) is 25.8. The van der Waals surface area contributed by atoms with Crippen LogP contribution in [0.15, 0.2) is 22.7 Å². The van der Waals surface area contributed by atoms with Crippen LogP contribution >= 0.6 is 15.9 Å². The molecule has 1 saturated heterocycles. The SMILES string of the molecule is NCC1CCN(C(=O)CCNC(=O)c2cc(F)ccc2Br)C1. The smallest absolute Gasteiger partial charge is 0.252 e.